The van der Waals surface area contributed by atoms with Gasteiger partial charge in [0.25, 0.3) is 0 Å². The molecular formula is C19H16N4O2S. The molecule has 6 nitrogen and oxygen atoms in total. The predicted octanol–water partition coefficient (Wildman–Crippen LogP) is 2.97. The number of carbonyl (C=O) groups excluding carboxylic acids is 2. The van der Waals surface area contributed by atoms with Gasteiger partial charge in [-0.15, -0.1) is 0 Å². The summed E-state index contributed by atoms with van der Waals surface area (Å²) >= 11 is 5.36. The molecule has 0 saturated carbocycles. The molecule has 2 heterocycles. The van der Waals surface area contributed by atoms with Gasteiger partial charge in [-0.2, -0.15) is 0 Å². The maximum Gasteiger partial charge on any atom is 0.249 e. The van der Waals surface area contributed by atoms with E-state index in [1.807, 2.05) is 54.6 Å². The fraction of sp³-hybridized carbons (Fsp3) is 0.158. The van der Waals surface area contributed by atoms with E-state index in [-0.39, 0.29) is 23.0 Å². The van der Waals surface area contributed by atoms with E-state index in [0.29, 0.717) is 12.4 Å². The standard InChI is InChI=1S/C19H16N4O2S/c24-16(20-11-12-6-2-1-3-7-12)10-15-18(25)22-17-13-8-4-5-9-14(13)21-19(26)23(15)17/h1-9,15H,10-11H2,(H,20,24)(H,22,25). The van der Waals surface area contributed by atoms with Crippen molar-refractivity contribution in [1.82, 2.24) is 14.9 Å². The van der Waals surface area contributed by atoms with E-state index >= 15 is 0 Å². The molecule has 0 saturated heterocycles. The Morgan fingerprint density at radius 2 is 1.88 bits per heavy atom. The summed E-state index contributed by atoms with van der Waals surface area (Å²) in [6, 6.07) is 16.4. The number of rotatable bonds is 4. The topological polar surface area (TPSA) is 76.0 Å². The van der Waals surface area contributed by atoms with Crippen molar-refractivity contribution in [3.8, 4) is 0 Å². The van der Waals surface area contributed by atoms with Crippen LogP contribution in [0.3, 0.4) is 0 Å². The van der Waals surface area contributed by atoms with Crippen LogP contribution in [-0.4, -0.2) is 21.4 Å². The number of para-hydroxylation sites is 1. The Hall–Kier alpha value is -3.06. The van der Waals surface area contributed by atoms with Gasteiger partial charge in [0, 0.05) is 11.9 Å². The number of hydrogen-bond donors (Lipinski definition) is 2. The SMILES string of the molecule is O=C(CC1C(=O)Nc2c3ccccc3nc(=S)n21)NCc1ccccc1. The van der Waals surface area contributed by atoms with Crippen LogP contribution in [0.15, 0.2) is 54.6 Å². The van der Waals surface area contributed by atoms with Gasteiger partial charge in [-0.05, 0) is 29.9 Å². The fourth-order valence-electron chi connectivity index (χ4n) is 3.12. The van der Waals surface area contributed by atoms with Gasteiger partial charge in [-0.3, -0.25) is 14.2 Å². The molecule has 0 aliphatic carbocycles. The number of amides is 2. The zero-order valence-electron chi connectivity index (χ0n) is 13.8. The molecule has 4 rings (SSSR count). The van der Waals surface area contributed by atoms with E-state index in [1.165, 1.54) is 0 Å². The largest absolute Gasteiger partial charge is 0.352 e. The summed E-state index contributed by atoms with van der Waals surface area (Å²) in [5.41, 5.74) is 1.72. The molecule has 0 bridgehead atoms. The van der Waals surface area contributed by atoms with Gasteiger partial charge in [0.2, 0.25) is 16.6 Å². The first-order valence-electron chi connectivity index (χ1n) is 8.26. The average molecular weight is 364 g/mol. The first kappa shape index (κ1) is 16.4. The second-order valence-electron chi connectivity index (χ2n) is 6.10. The second-order valence-corrected chi connectivity index (χ2v) is 6.47. The van der Waals surface area contributed by atoms with Crippen molar-refractivity contribution in [1.29, 1.82) is 0 Å². The zero-order chi connectivity index (χ0) is 18.1. The van der Waals surface area contributed by atoms with Crippen LogP contribution >= 0.6 is 12.2 Å². The van der Waals surface area contributed by atoms with Gasteiger partial charge in [0.15, 0.2) is 0 Å². The first-order valence-corrected chi connectivity index (χ1v) is 8.67. The first-order chi connectivity index (χ1) is 12.6. The molecule has 3 aromatic rings. The third kappa shape index (κ3) is 2.97. The molecule has 7 heteroatoms. The van der Waals surface area contributed by atoms with Crippen molar-refractivity contribution in [2.24, 2.45) is 0 Å². The highest BCUT2D eigenvalue weighted by Crippen LogP contribution is 2.32. The number of aromatic nitrogens is 2. The average Bonchev–Trinajstić information content (AvgIpc) is 2.98. The minimum Gasteiger partial charge on any atom is -0.352 e. The molecule has 2 N–H and O–H groups in total. The summed E-state index contributed by atoms with van der Waals surface area (Å²) in [4.78, 5) is 29.2. The number of hydrogen-bond acceptors (Lipinski definition) is 4. The number of fused-ring (bicyclic) bond motifs is 3. The minimum absolute atomic E-state index is 0.0139. The van der Waals surface area contributed by atoms with Crippen LogP contribution in [0.25, 0.3) is 10.9 Å². The summed E-state index contributed by atoms with van der Waals surface area (Å²) in [5.74, 6) is 0.146. The maximum absolute atomic E-state index is 12.5. The fourth-order valence-corrected chi connectivity index (χ4v) is 3.43. The lowest BCUT2D eigenvalue weighted by Crippen LogP contribution is -2.28. The van der Waals surface area contributed by atoms with Crippen LogP contribution in [-0.2, 0) is 16.1 Å². The van der Waals surface area contributed by atoms with Crippen molar-refractivity contribution >= 4 is 40.8 Å². The molecule has 0 radical (unpaired) electrons. The number of anilines is 1. The van der Waals surface area contributed by atoms with E-state index in [1.54, 1.807) is 4.57 Å². The van der Waals surface area contributed by atoms with Gasteiger partial charge in [0.1, 0.15) is 11.9 Å². The minimum atomic E-state index is -0.689. The van der Waals surface area contributed by atoms with Gasteiger partial charge in [-0.25, -0.2) is 4.98 Å². The van der Waals surface area contributed by atoms with Crippen LogP contribution in [0.5, 0.6) is 0 Å². The maximum atomic E-state index is 12.5. The quantitative estimate of drug-likeness (QED) is 0.698. The summed E-state index contributed by atoms with van der Waals surface area (Å²) in [6.07, 6.45) is 0.0139. The summed E-state index contributed by atoms with van der Waals surface area (Å²) in [6.45, 7) is 0.419. The molecule has 0 fully saturated rings. The molecule has 130 valence electrons. The Morgan fingerprint density at radius 1 is 1.15 bits per heavy atom. The van der Waals surface area contributed by atoms with Crippen molar-refractivity contribution in [2.45, 2.75) is 19.0 Å². The molecule has 1 aliphatic rings. The predicted molar refractivity (Wildman–Crippen MR) is 101 cm³/mol. The summed E-state index contributed by atoms with van der Waals surface area (Å²) in [7, 11) is 0. The van der Waals surface area contributed by atoms with Crippen LogP contribution in [0.4, 0.5) is 5.82 Å². The van der Waals surface area contributed by atoms with Gasteiger partial charge < -0.3 is 10.6 Å². The van der Waals surface area contributed by atoms with Crippen LogP contribution in [0.1, 0.15) is 18.0 Å². The normalized spacial score (nSPS) is 15.5. The van der Waals surface area contributed by atoms with Gasteiger partial charge >= 0.3 is 0 Å². The lowest BCUT2D eigenvalue weighted by molar-refractivity contribution is -0.126. The summed E-state index contributed by atoms with van der Waals surface area (Å²) in [5, 5.41) is 6.50. The highest BCUT2D eigenvalue weighted by Gasteiger charge is 2.33. The van der Waals surface area contributed by atoms with E-state index in [2.05, 4.69) is 15.6 Å². The molecule has 2 aromatic carbocycles. The molecule has 1 atom stereocenters. The van der Waals surface area contributed by atoms with E-state index in [9.17, 15) is 9.59 Å². The Morgan fingerprint density at radius 3 is 2.69 bits per heavy atom. The van der Waals surface area contributed by atoms with E-state index in [4.69, 9.17) is 12.2 Å². The van der Waals surface area contributed by atoms with Crippen molar-refractivity contribution in [2.75, 3.05) is 5.32 Å². The number of nitrogens with zero attached hydrogens (tertiary/aromatic N) is 2. The lowest BCUT2D eigenvalue weighted by atomic mass is 10.2. The third-order valence-electron chi connectivity index (χ3n) is 4.39. The molecule has 0 spiro atoms. The highest BCUT2D eigenvalue weighted by molar-refractivity contribution is 7.71. The van der Waals surface area contributed by atoms with Crippen molar-refractivity contribution in [3.05, 3.63) is 64.9 Å². The van der Waals surface area contributed by atoms with E-state index < -0.39 is 6.04 Å². The lowest BCUT2D eigenvalue weighted by Gasteiger charge is -2.13. The molecule has 1 unspecified atom stereocenters. The molecule has 1 aliphatic heterocycles. The Labute approximate surface area is 154 Å². The number of nitrogens with one attached hydrogen (secondary N) is 2. The van der Waals surface area contributed by atoms with Crippen LogP contribution in [0.2, 0.25) is 0 Å². The van der Waals surface area contributed by atoms with Gasteiger partial charge in [0.05, 0.1) is 11.9 Å². The number of carbonyl (C=O) groups is 2. The van der Waals surface area contributed by atoms with Crippen molar-refractivity contribution in [3.63, 3.8) is 0 Å². The molecule has 2 amide bonds. The van der Waals surface area contributed by atoms with Gasteiger partial charge in [-0.1, -0.05) is 42.5 Å². The Kier molecular flexibility index (Phi) is 4.22. The molecular weight excluding hydrogens is 348 g/mol. The monoisotopic (exact) mass is 364 g/mol. The Bertz CT molecular complexity index is 1060. The van der Waals surface area contributed by atoms with Crippen molar-refractivity contribution < 1.29 is 9.59 Å². The number of benzene rings is 2. The Balaban J connectivity index is 1.57. The van der Waals surface area contributed by atoms with Crippen LogP contribution in [0, 0.1) is 4.77 Å². The van der Waals surface area contributed by atoms with Crippen LogP contribution < -0.4 is 10.6 Å². The molecule has 26 heavy (non-hydrogen) atoms. The highest BCUT2D eigenvalue weighted by atomic mass is 32.1. The third-order valence-corrected chi connectivity index (χ3v) is 4.68. The summed E-state index contributed by atoms with van der Waals surface area (Å²) < 4.78 is 1.93. The molecule has 1 aromatic heterocycles. The smallest absolute Gasteiger partial charge is 0.249 e. The van der Waals surface area contributed by atoms with E-state index in [0.717, 1.165) is 16.5 Å². The second kappa shape index (κ2) is 6.68. The zero-order valence-corrected chi connectivity index (χ0v) is 14.6.